The van der Waals surface area contributed by atoms with Crippen LogP contribution in [0, 0.1) is 5.82 Å². The Hall–Kier alpha value is -1.60. The van der Waals surface area contributed by atoms with Gasteiger partial charge in [-0.3, -0.25) is 0 Å². The molecule has 1 heterocycles. The first kappa shape index (κ1) is 13.8. The summed E-state index contributed by atoms with van der Waals surface area (Å²) in [6.45, 7) is 0. The van der Waals surface area contributed by atoms with Crippen molar-refractivity contribution in [3.63, 3.8) is 0 Å². The number of aromatic nitrogens is 1. The largest absolute Gasteiger partial charge is 0.367 e. The van der Waals surface area contributed by atoms with Crippen molar-refractivity contribution >= 4 is 27.3 Å². The molecule has 0 fully saturated rings. The summed E-state index contributed by atoms with van der Waals surface area (Å²) in [5.41, 5.74) is 6.42. The summed E-state index contributed by atoms with van der Waals surface area (Å²) in [5.74, 6) is -0.905. The maximum Gasteiger partial charge on any atom is 0.230 e. The van der Waals surface area contributed by atoms with Crippen LogP contribution in [0.4, 0.5) is 10.3 Å². The second kappa shape index (κ2) is 4.82. The third kappa shape index (κ3) is 3.05. The molecule has 0 unspecified atom stereocenters. The summed E-state index contributed by atoms with van der Waals surface area (Å²) in [5, 5.41) is 3.71. The fourth-order valence-corrected chi connectivity index (χ4v) is 2.62. The van der Waals surface area contributed by atoms with Gasteiger partial charge in [-0.15, -0.1) is 0 Å². The fourth-order valence-electron chi connectivity index (χ4n) is 1.67. The lowest BCUT2D eigenvalue weighted by atomic mass is 10.1. The minimum Gasteiger partial charge on any atom is -0.367 e. The minimum absolute atomic E-state index is 0.0628. The van der Waals surface area contributed by atoms with Crippen molar-refractivity contribution in [2.45, 2.75) is 5.75 Å². The van der Waals surface area contributed by atoms with Crippen molar-refractivity contribution in [1.82, 2.24) is 5.16 Å². The first-order valence-corrected chi connectivity index (χ1v) is 7.59. The zero-order chi connectivity index (χ0) is 14.2. The second-order valence-electron chi connectivity index (χ2n) is 4.06. The summed E-state index contributed by atoms with van der Waals surface area (Å²) in [6, 6.07) is 3.69. The second-order valence-corrected chi connectivity index (χ2v) is 6.61. The molecule has 0 atom stereocenters. The Balaban J connectivity index is 2.58. The van der Waals surface area contributed by atoms with Gasteiger partial charge in [-0.25, -0.2) is 12.8 Å². The molecule has 0 bridgehead atoms. The smallest absolute Gasteiger partial charge is 0.230 e. The molecule has 0 spiro atoms. The van der Waals surface area contributed by atoms with Crippen molar-refractivity contribution in [3.05, 3.63) is 34.7 Å². The van der Waals surface area contributed by atoms with E-state index in [0.29, 0.717) is 5.56 Å². The minimum atomic E-state index is -3.31. The van der Waals surface area contributed by atoms with E-state index in [1.165, 1.54) is 12.1 Å². The molecule has 2 N–H and O–H groups in total. The molecule has 1 aromatic carbocycles. The Morgan fingerprint density at radius 1 is 1.47 bits per heavy atom. The van der Waals surface area contributed by atoms with E-state index in [9.17, 15) is 12.8 Å². The molecule has 0 saturated carbocycles. The molecule has 0 aliphatic rings. The average molecular weight is 305 g/mol. The summed E-state index contributed by atoms with van der Waals surface area (Å²) in [6.07, 6.45) is 1.06. The van der Waals surface area contributed by atoms with Crippen LogP contribution in [0.25, 0.3) is 11.1 Å². The molecule has 19 heavy (non-hydrogen) atoms. The monoisotopic (exact) mass is 304 g/mol. The number of nitrogens with zero attached hydrogens (tertiary/aromatic N) is 1. The van der Waals surface area contributed by atoms with Crippen LogP contribution in [-0.4, -0.2) is 19.8 Å². The van der Waals surface area contributed by atoms with Crippen molar-refractivity contribution in [2.24, 2.45) is 0 Å². The van der Waals surface area contributed by atoms with E-state index in [1.54, 1.807) is 0 Å². The predicted molar refractivity (Wildman–Crippen MR) is 69.9 cm³/mol. The summed E-state index contributed by atoms with van der Waals surface area (Å²) in [4.78, 5) is 0. The summed E-state index contributed by atoms with van der Waals surface area (Å²) >= 11 is 5.92. The number of sulfone groups is 1. The quantitative estimate of drug-likeness (QED) is 0.940. The highest BCUT2D eigenvalue weighted by molar-refractivity contribution is 7.89. The highest BCUT2D eigenvalue weighted by Gasteiger charge is 2.21. The molecule has 0 amide bonds. The third-order valence-electron chi connectivity index (χ3n) is 2.39. The fraction of sp³-hybridized carbons (Fsp3) is 0.182. The maximum absolute atomic E-state index is 13.0. The Morgan fingerprint density at radius 3 is 2.74 bits per heavy atom. The third-order valence-corrected chi connectivity index (χ3v) is 3.50. The Bertz CT molecular complexity index is 728. The van der Waals surface area contributed by atoms with Gasteiger partial charge in [0, 0.05) is 11.8 Å². The number of hydrogen-bond acceptors (Lipinski definition) is 5. The Kier molecular flexibility index (Phi) is 3.51. The predicted octanol–water partition coefficient (Wildman–Crippen LogP) is 2.26. The first-order chi connectivity index (χ1) is 8.78. The van der Waals surface area contributed by atoms with Crippen LogP contribution < -0.4 is 5.73 Å². The van der Waals surface area contributed by atoms with Gasteiger partial charge in [-0.1, -0.05) is 16.8 Å². The maximum atomic E-state index is 13.0. The van der Waals surface area contributed by atoms with Gasteiger partial charge in [0.15, 0.2) is 9.84 Å². The number of benzene rings is 1. The molecular weight excluding hydrogens is 295 g/mol. The molecule has 1 aromatic heterocycles. The SMILES string of the molecule is CS(=O)(=O)Cc1noc(N)c1-c1ccc(F)cc1Cl. The van der Waals surface area contributed by atoms with Gasteiger partial charge < -0.3 is 10.3 Å². The van der Waals surface area contributed by atoms with Gasteiger partial charge >= 0.3 is 0 Å². The summed E-state index contributed by atoms with van der Waals surface area (Å²) in [7, 11) is -3.31. The lowest BCUT2D eigenvalue weighted by Gasteiger charge is -2.04. The average Bonchev–Trinajstić information content (AvgIpc) is 2.58. The van der Waals surface area contributed by atoms with E-state index in [1.807, 2.05) is 0 Å². The van der Waals surface area contributed by atoms with E-state index in [-0.39, 0.29) is 27.9 Å². The molecule has 5 nitrogen and oxygen atoms in total. The van der Waals surface area contributed by atoms with Crippen LogP contribution in [0.3, 0.4) is 0 Å². The van der Waals surface area contributed by atoms with E-state index in [0.717, 1.165) is 12.3 Å². The number of hydrogen-bond donors (Lipinski definition) is 1. The number of halogens is 2. The van der Waals surface area contributed by atoms with Crippen molar-refractivity contribution in [2.75, 3.05) is 12.0 Å². The lowest BCUT2D eigenvalue weighted by molar-refractivity contribution is 0.430. The van der Waals surface area contributed by atoms with Crippen LogP contribution in [-0.2, 0) is 15.6 Å². The molecule has 0 saturated heterocycles. The van der Waals surface area contributed by atoms with Gasteiger partial charge in [-0.2, -0.15) is 0 Å². The van der Waals surface area contributed by atoms with Crippen molar-refractivity contribution < 1.29 is 17.3 Å². The number of nitrogens with two attached hydrogens (primary N) is 1. The Morgan fingerprint density at radius 2 is 2.16 bits per heavy atom. The van der Waals surface area contributed by atoms with Gasteiger partial charge in [0.05, 0.1) is 16.3 Å². The molecule has 102 valence electrons. The van der Waals surface area contributed by atoms with Crippen LogP contribution in [0.5, 0.6) is 0 Å². The Labute approximate surface area is 114 Å². The topological polar surface area (TPSA) is 86.2 Å². The van der Waals surface area contributed by atoms with E-state index < -0.39 is 15.7 Å². The van der Waals surface area contributed by atoms with E-state index in [2.05, 4.69) is 5.16 Å². The molecule has 0 aliphatic carbocycles. The first-order valence-electron chi connectivity index (χ1n) is 5.15. The highest BCUT2D eigenvalue weighted by atomic mass is 35.5. The number of nitrogen functional groups attached to an aromatic ring is 1. The zero-order valence-corrected chi connectivity index (χ0v) is 11.4. The molecule has 0 radical (unpaired) electrons. The van der Waals surface area contributed by atoms with Crippen LogP contribution in [0.15, 0.2) is 22.7 Å². The molecule has 2 aromatic rings. The van der Waals surface area contributed by atoms with Crippen molar-refractivity contribution in [3.8, 4) is 11.1 Å². The number of anilines is 1. The van der Waals surface area contributed by atoms with Gasteiger partial charge in [0.25, 0.3) is 0 Å². The van der Waals surface area contributed by atoms with Gasteiger partial charge in [0.2, 0.25) is 5.88 Å². The van der Waals surface area contributed by atoms with Gasteiger partial charge in [-0.05, 0) is 18.2 Å². The molecular formula is C11H10ClFN2O3S. The van der Waals surface area contributed by atoms with Crippen LogP contribution in [0.2, 0.25) is 5.02 Å². The molecule has 8 heteroatoms. The molecule has 0 aliphatic heterocycles. The van der Waals surface area contributed by atoms with E-state index >= 15 is 0 Å². The number of rotatable bonds is 3. The van der Waals surface area contributed by atoms with E-state index in [4.69, 9.17) is 21.9 Å². The summed E-state index contributed by atoms with van der Waals surface area (Å²) < 4.78 is 40.4. The molecule has 2 rings (SSSR count). The van der Waals surface area contributed by atoms with Gasteiger partial charge in [0.1, 0.15) is 11.5 Å². The van der Waals surface area contributed by atoms with Crippen molar-refractivity contribution in [1.29, 1.82) is 0 Å². The standard InChI is InChI=1S/C11H10ClFN2O3S/c1-19(16,17)5-9-10(11(14)18-15-9)7-3-2-6(13)4-8(7)12/h2-4H,5,14H2,1H3. The highest BCUT2D eigenvalue weighted by Crippen LogP contribution is 2.35. The lowest BCUT2D eigenvalue weighted by Crippen LogP contribution is -2.02. The van der Waals surface area contributed by atoms with Crippen LogP contribution in [0.1, 0.15) is 5.69 Å². The normalized spacial score (nSPS) is 11.7. The van der Waals surface area contributed by atoms with Crippen LogP contribution >= 0.6 is 11.6 Å². The zero-order valence-electron chi connectivity index (χ0n) is 9.85.